The van der Waals surface area contributed by atoms with Gasteiger partial charge in [0, 0.05) is 5.56 Å². The van der Waals surface area contributed by atoms with Crippen LogP contribution in [0.3, 0.4) is 0 Å². The fraction of sp³-hybridized carbons (Fsp3) is 0.176. The van der Waals surface area contributed by atoms with Crippen LogP contribution in [0.25, 0.3) is 11.5 Å². The van der Waals surface area contributed by atoms with Gasteiger partial charge in [-0.15, -0.1) is 0 Å². The zero-order valence-corrected chi connectivity index (χ0v) is 12.8. The summed E-state index contributed by atoms with van der Waals surface area (Å²) in [7, 11) is 1.30. The van der Waals surface area contributed by atoms with E-state index in [1.807, 2.05) is 37.3 Å². The molecule has 1 aromatic carbocycles. The van der Waals surface area contributed by atoms with Crippen LogP contribution in [0.5, 0.6) is 0 Å². The van der Waals surface area contributed by atoms with Crippen molar-refractivity contribution in [3.63, 3.8) is 0 Å². The predicted molar refractivity (Wildman–Crippen MR) is 84.1 cm³/mol. The van der Waals surface area contributed by atoms with E-state index in [4.69, 9.17) is 13.6 Å². The lowest BCUT2D eigenvalue weighted by atomic mass is 10.1. The molecule has 0 bridgehead atoms. The molecule has 0 aliphatic carbocycles. The largest absolute Gasteiger partial charge is 0.467 e. The molecular formula is C17H16N2O4. The Bertz CT molecular complexity index is 789. The van der Waals surface area contributed by atoms with E-state index in [0.29, 0.717) is 18.2 Å². The van der Waals surface area contributed by atoms with Gasteiger partial charge in [-0.25, -0.2) is 4.79 Å². The number of carbonyl (C=O) groups excluding carboxylic acids is 1. The van der Waals surface area contributed by atoms with Gasteiger partial charge in [-0.1, -0.05) is 17.7 Å². The molecule has 0 saturated carbocycles. The van der Waals surface area contributed by atoms with Gasteiger partial charge in [0.1, 0.15) is 5.76 Å². The van der Waals surface area contributed by atoms with E-state index in [1.165, 1.54) is 7.11 Å². The van der Waals surface area contributed by atoms with Gasteiger partial charge in [-0.3, -0.25) is 0 Å². The molecule has 0 radical (unpaired) electrons. The predicted octanol–water partition coefficient (Wildman–Crippen LogP) is 3.64. The van der Waals surface area contributed by atoms with Crippen molar-refractivity contribution in [2.45, 2.75) is 13.5 Å². The van der Waals surface area contributed by atoms with Gasteiger partial charge in [0.2, 0.25) is 17.5 Å². The molecule has 23 heavy (non-hydrogen) atoms. The molecule has 0 aliphatic rings. The lowest BCUT2D eigenvalue weighted by Gasteiger charge is -2.01. The second kappa shape index (κ2) is 6.39. The van der Waals surface area contributed by atoms with Crippen molar-refractivity contribution in [3.05, 3.63) is 59.7 Å². The van der Waals surface area contributed by atoms with E-state index in [0.717, 1.165) is 11.1 Å². The van der Waals surface area contributed by atoms with Crippen molar-refractivity contribution in [2.24, 2.45) is 0 Å². The molecule has 6 nitrogen and oxygen atoms in total. The number of nitrogens with one attached hydrogen (secondary N) is 1. The van der Waals surface area contributed by atoms with Gasteiger partial charge in [0.15, 0.2) is 0 Å². The van der Waals surface area contributed by atoms with Crippen LogP contribution in [-0.2, 0) is 11.3 Å². The second-order valence-corrected chi connectivity index (χ2v) is 4.99. The normalized spacial score (nSPS) is 10.5. The highest BCUT2D eigenvalue weighted by Gasteiger charge is 2.21. The Kier molecular flexibility index (Phi) is 4.14. The van der Waals surface area contributed by atoms with Crippen molar-refractivity contribution < 1.29 is 18.4 Å². The van der Waals surface area contributed by atoms with Gasteiger partial charge in [-0.2, -0.15) is 4.98 Å². The number of methoxy groups -OCH3 is 1. The number of aryl methyl sites for hydroxylation is 1. The molecule has 3 rings (SSSR count). The Balaban J connectivity index is 1.90. The van der Waals surface area contributed by atoms with Gasteiger partial charge in [0.25, 0.3) is 0 Å². The monoisotopic (exact) mass is 312 g/mol. The summed E-state index contributed by atoms with van der Waals surface area (Å²) < 4.78 is 15.7. The first kappa shape index (κ1) is 14.9. The molecule has 0 saturated heterocycles. The van der Waals surface area contributed by atoms with E-state index < -0.39 is 5.97 Å². The van der Waals surface area contributed by atoms with Crippen LogP contribution in [0.15, 0.2) is 51.5 Å². The van der Waals surface area contributed by atoms with E-state index in [9.17, 15) is 4.79 Å². The van der Waals surface area contributed by atoms with Gasteiger partial charge >= 0.3 is 5.97 Å². The third-order valence-corrected chi connectivity index (χ3v) is 3.31. The Morgan fingerprint density at radius 3 is 2.70 bits per heavy atom. The summed E-state index contributed by atoms with van der Waals surface area (Å²) >= 11 is 0. The van der Waals surface area contributed by atoms with Crippen LogP contribution in [0.2, 0.25) is 0 Å². The van der Waals surface area contributed by atoms with E-state index in [2.05, 4.69) is 10.3 Å². The number of esters is 1. The number of benzene rings is 1. The zero-order chi connectivity index (χ0) is 16.2. The van der Waals surface area contributed by atoms with Gasteiger partial charge < -0.3 is 18.9 Å². The van der Waals surface area contributed by atoms with Crippen LogP contribution in [0.1, 0.15) is 21.8 Å². The number of aromatic nitrogens is 1. The van der Waals surface area contributed by atoms with Crippen molar-refractivity contribution in [3.8, 4) is 11.5 Å². The summed E-state index contributed by atoms with van der Waals surface area (Å²) in [6.07, 6.45) is 1.58. The first-order chi connectivity index (χ1) is 11.2. The quantitative estimate of drug-likeness (QED) is 0.725. The van der Waals surface area contributed by atoms with Crippen LogP contribution in [0.4, 0.5) is 5.88 Å². The van der Waals surface area contributed by atoms with Crippen molar-refractivity contribution in [1.29, 1.82) is 0 Å². The summed E-state index contributed by atoms with van der Waals surface area (Å²) in [5.74, 6) is 0.763. The molecule has 2 heterocycles. The SMILES string of the molecule is COC(=O)c1nc(-c2ccc(C)cc2)oc1NCc1ccco1. The lowest BCUT2D eigenvalue weighted by Crippen LogP contribution is -2.07. The summed E-state index contributed by atoms with van der Waals surface area (Å²) in [5.41, 5.74) is 2.02. The Morgan fingerprint density at radius 2 is 2.04 bits per heavy atom. The Hall–Kier alpha value is -3.02. The van der Waals surface area contributed by atoms with Gasteiger partial charge in [-0.05, 0) is 31.2 Å². The summed E-state index contributed by atoms with van der Waals surface area (Å²) in [6, 6.07) is 11.3. The number of nitrogens with zero attached hydrogens (tertiary/aromatic N) is 1. The fourth-order valence-corrected chi connectivity index (χ4v) is 2.08. The van der Waals surface area contributed by atoms with Crippen molar-refractivity contribution in [2.75, 3.05) is 12.4 Å². The lowest BCUT2D eigenvalue weighted by molar-refractivity contribution is 0.0595. The third-order valence-electron chi connectivity index (χ3n) is 3.31. The minimum absolute atomic E-state index is 0.106. The highest BCUT2D eigenvalue weighted by Crippen LogP contribution is 2.27. The Morgan fingerprint density at radius 1 is 1.26 bits per heavy atom. The average Bonchev–Trinajstić information content (AvgIpc) is 3.22. The number of hydrogen-bond donors (Lipinski definition) is 1. The van der Waals surface area contributed by atoms with Crippen molar-refractivity contribution >= 4 is 11.9 Å². The van der Waals surface area contributed by atoms with E-state index >= 15 is 0 Å². The molecule has 0 spiro atoms. The van der Waals surface area contributed by atoms with Crippen LogP contribution < -0.4 is 5.32 Å². The van der Waals surface area contributed by atoms with E-state index in [-0.39, 0.29) is 11.6 Å². The summed E-state index contributed by atoms with van der Waals surface area (Å²) in [6.45, 7) is 2.37. The maximum Gasteiger partial charge on any atom is 0.362 e. The van der Waals surface area contributed by atoms with E-state index in [1.54, 1.807) is 12.3 Å². The number of rotatable bonds is 5. The molecule has 1 N–H and O–H groups in total. The molecule has 0 unspecified atom stereocenters. The van der Waals surface area contributed by atoms with Crippen LogP contribution >= 0.6 is 0 Å². The number of ether oxygens (including phenoxy) is 1. The zero-order valence-electron chi connectivity index (χ0n) is 12.8. The van der Waals surface area contributed by atoms with Gasteiger partial charge in [0.05, 0.1) is 19.9 Å². The number of carbonyl (C=O) groups is 1. The van der Waals surface area contributed by atoms with Crippen LogP contribution in [-0.4, -0.2) is 18.1 Å². The smallest absolute Gasteiger partial charge is 0.362 e. The highest BCUT2D eigenvalue weighted by atomic mass is 16.5. The molecule has 2 aromatic heterocycles. The molecule has 6 heteroatoms. The fourth-order valence-electron chi connectivity index (χ4n) is 2.08. The molecule has 0 atom stereocenters. The number of furan rings is 1. The maximum absolute atomic E-state index is 11.9. The summed E-state index contributed by atoms with van der Waals surface area (Å²) in [4.78, 5) is 16.1. The molecule has 0 amide bonds. The first-order valence-corrected chi connectivity index (χ1v) is 7.10. The summed E-state index contributed by atoms with van der Waals surface area (Å²) in [5, 5.41) is 3.01. The topological polar surface area (TPSA) is 77.5 Å². The number of hydrogen-bond acceptors (Lipinski definition) is 6. The standard InChI is InChI=1S/C17H16N2O4/c1-11-5-7-12(8-6-11)15-19-14(17(20)21-2)16(23-15)18-10-13-4-3-9-22-13/h3-9,18H,10H2,1-2H3. The molecule has 118 valence electrons. The molecule has 3 aromatic rings. The Labute approximate surface area is 133 Å². The second-order valence-electron chi connectivity index (χ2n) is 4.99. The molecular weight excluding hydrogens is 296 g/mol. The number of anilines is 1. The average molecular weight is 312 g/mol. The van der Waals surface area contributed by atoms with Crippen molar-refractivity contribution in [1.82, 2.24) is 4.98 Å². The number of oxazole rings is 1. The maximum atomic E-state index is 11.9. The minimum Gasteiger partial charge on any atom is -0.467 e. The first-order valence-electron chi connectivity index (χ1n) is 7.10. The van der Waals surface area contributed by atoms with Crippen LogP contribution in [0, 0.1) is 6.92 Å². The highest BCUT2D eigenvalue weighted by molar-refractivity contribution is 5.92. The molecule has 0 fully saturated rings. The molecule has 0 aliphatic heterocycles. The minimum atomic E-state index is -0.561. The third kappa shape index (κ3) is 3.26.